The van der Waals surface area contributed by atoms with E-state index >= 15 is 0 Å². The van der Waals surface area contributed by atoms with Crippen LogP contribution >= 0.6 is 11.6 Å². The Kier molecular flexibility index (Phi) is 28.7. The first-order chi connectivity index (χ1) is 19.9. The van der Waals surface area contributed by atoms with Crippen LogP contribution in [0.1, 0.15) is 57.4 Å². The molecule has 9 heteroatoms. The average Bonchev–Trinajstić information content (AvgIpc) is 2.98. The van der Waals surface area contributed by atoms with Gasteiger partial charge in [-0.25, -0.2) is 0 Å². The fourth-order valence-electron chi connectivity index (χ4n) is 3.73. The standard InChI is InChI=1S/C31H55ClO8/c1-2-3-4-5-6-7-8-9-30-10-12-31(13-11-30)40-29-28-39-27-26-38-25-24-37-23-22-36-21-20-35-19-18-34-17-16-33-15-14-32/h10-13H,2-9,14-29H2,1H3. The first kappa shape index (κ1) is 37.1. The molecule has 0 fully saturated rings. The number of aryl methyl sites for hydroxylation is 1. The lowest BCUT2D eigenvalue weighted by atomic mass is 10.0. The maximum Gasteiger partial charge on any atom is 0.119 e. The van der Waals surface area contributed by atoms with Crippen LogP contribution in [0.25, 0.3) is 0 Å². The topological polar surface area (TPSA) is 73.8 Å². The second-order valence-corrected chi connectivity index (χ2v) is 9.72. The molecule has 0 heterocycles. The van der Waals surface area contributed by atoms with Crippen LogP contribution in [0.3, 0.4) is 0 Å². The molecule has 0 unspecified atom stereocenters. The fourth-order valence-corrected chi connectivity index (χ4v) is 3.84. The molecule has 0 aliphatic carbocycles. The highest BCUT2D eigenvalue weighted by atomic mass is 35.5. The van der Waals surface area contributed by atoms with Gasteiger partial charge in [-0.1, -0.05) is 57.6 Å². The van der Waals surface area contributed by atoms with Crippen molar-refractivity contribution in [2.45, 2.75) is 58.3 Å². The molecular weight excluding hydrogens is 536 g/mol. The van der Waals surface area contributed by atoms with Crippen LogP contribution in [-0.4, -0.2) is 105 Å². The minimum absolute atomic E-state index is 0.504. The van der Waals surface area contributed by atoms with Crippen molar-refractivity contribution in [2.75, 3.05) is 105 Å². The van der Waals surface area contributed by atoms with Gasteiger partial charge in [-0.2, -0.15) is 0 Å². The summed E-state index contributed by atoms with van der Waals surface area (Å²) in [6.45, 7) is 10.3. The van der Waals surface area contributed by atoms with Gasteiger partial charge in [-0.05, 0) is 30.5 Å². The second kappa shape index (κ2) is 31.0. The average molecular weight is 591 g/mol. The van der Waals surface area contributed by atoms with E-state index < -0.39 is 0 Å². The highest BCUT2D eigenvalue weighted by molar-refractivity contribution is 6.17. The zero-order valence-electron chi connectivity index (χ0n) is 24.9. The predicted molar refractivity (Wildman–Crippen MR) is 160 cm³/mol. The van der Waals surface area contributed by atoms with Gasteiger partial charge in [0.1, 0.15) is 12.4 Å². The highest BCUT2D eigenvalue weighted by Gasteiger charge is 1.99. The van der Waals surface area contributed by atoms with Crippen molar-refractivity contribution >= 4 is 11.6 Å². The number of hydrogen-bond acceptors (Lipinski definition) is 8. The lowest BCUT2D eigenvalue weighted by Crippen LogP contribution is -2.15. The number of benzene rings is 1. The van der Waals surface area contributed by atoms with Gasteiger partial charge in [0.2, 0.25) is 0 Å². The van der Waals surface area contributed by atoms with Crippen molar-refractivity contribution in [3.63, 3.8) is 0 Å². The summed E-state index contributed by atoms with van der Waals surface area (Å²) in [5.74, 6) is 1.40. The maximum absolute atomic E-state index is 5.77. The summed E-state index contributed by atoms with van der Waals surface area (Å²) in [6.07, 6.45) is 10.6. The molecule has 0 saturated heterocycles. The number of hydrogen-bond donors (Lipinski definition) is 0. The molecule has 0 N–H and O–H groups in total. The second-order valence-electron chi connectivity index (χ2n) is 9.34. The van der Waals surface area contributed by atoms with Crippen molar-refractivity contribution in [3.05, 3.63) is 29.8 Å². The van der Waals surface area contributed by atoms with E-state index in [0.717, 1.165) is 12.2 Å². The molecule has 0 saturated carbocycles. The molecule has 0 aromatic heterocycles. The Morgan fingerprint density at radius 3 is 1.25 bits per heavy atom. The normalized spacial score (nSPS) is 11.3. The molecule has 0 atom stereocenters. The fraction of sp³-hybridized carbons (Fsp3) is 0.806. The molecule has 0 bridgehead atoms. The van der Waals surface area contributed by atoms with Gasteiger partial charge in [0, 0.05) is 5.88 Å². The number of alkyl halides is 1. The molecule has 1 aromatic rings. The first-order valence-corrected chi connectivity index (χ1v) is 15.7. The number of unbranched alkanes of at least 4 members (excludes halogenated alkanes) is 6. The quantitative estimate of drug-likeness (QED) is 0.0780. The Balaban J connectivity index is 1.76. The van der Waals surface area contributed by atoms with Crippen molar-refractivity contribution in [1.29, 1.82) is 0 Å². The Labute approximate surface area is 248 Å². The summed E-state index contributed by atoms with van der Waals surface area (Å²) in [6, 6.07) is 8.46. The van der Waals surface area contributed by atoms with Crippen LogP contribution < -0.4 is 4.74 Å². The Hall–Kier alpha value is -0.970. The summed E-state index contributed by atoms with van der Waals surface area (Å²) < 4.78 is 43.8. The van der Waals surface area contributed by atoms with Gasteiger partial charge >= 0.3 is 0 Å². The summed E-state index contributed by atoms with van der Waals surface area (Å²) in [5.41, 5.74) is 1.38. The van der Waals surface area contributed by atoms with E-state index in [2.05, 4.69) is 31.2 Å². The zero-order valence-corrected chi connectivity index (χ0v) is 25.7. The summed E-state index contributed by atoms with van der Waals surface area (Å²) in [4.78, 5) is 0. The van der Waals surface area contributed by atoms with E-state index in [0.29, 0.717) is 105 Å². The summed E-state index contributed by atoms with van der Waals surface area (Å²) >= 11 is 5.51. The molecule has 1 aromatic carbocycles. The van der Waals surface area contributed by atoms with E-state index in [1.165, 1.54) is 50.5 Å². The summed E-state index contributed by atoms with van der Waals surface area (Å²) in [5, 5.41) is 0. The van der Waals surface area contributed by atoms with Gasteiger partial charge < -0.3 is 37.9 Å². The van der Waals surface area contributed by atoms with E-state index in [9.17, 15) is 0 Å². The van der Waals surface area contributed by atoms with E-state index in [-0.39, 0.29) is 0 Å². The van der Waals surface area contributed by atoms with Crippen molar-refractivity contribution in [2.24, 2.45) is 0 Å². The van der Waals surface area contributed by atoms with Gasteiger partial charge in [0.25, 0.3) is 0 Å². The third-order valence-corrected chi connectivity index (χ3v) is 6.10. The lowest BCUT2D eigenvalue weighted by Gasteiger charge is -2.09. The third kappa shape index (κ3) is 26.0. The lowest BCUT2D eigenvalue weighted by molar-refractivity contribution is -0.0208. The van der Waals surface area contributed by atoms with Crippen LogP contribution in [0, 0.1) is 0 Å². The number of halogens is 1. The SMILES string of the molecule is CCCCCCCCCc1ccc(OCCOCCOCCOCCOCCOCCOCCOCCCl)cc1. The largest absolute Gasteiger partial charge is 0.491 e. The highest BCUT2D eigenvalue weighted by Crippen LogP contribution is 2.15. The molecule has 234 valence electrons. The summed E-state index contributed by atoms with van der Waals surface area (Å²) in [7, 11) is 0. The Morgan fingerprint density at radius 2 is 0.825 bits per heavy atom. The predicted octanol–water partition coefficient (Wildman–Crippen LogP) is 5.71. The molecule has 0 spiro atoms. The van der Waals surface area contributed by atoms with E-state index in [1.54, 1.807) is 0 Å². The van der Waals surface area contributed by atoms with Crippen molar-refractivity contribution in [1.82, 2.24) is 0 Å². The van der Waals surface area contributed by atoms with Gasteiger partial charge in [-0.3, -0.25) is 0 Å². The molecule has 0 aliphatic rings. The first-order valence-electron chi connectivity index (χ1n) is 15.2. The van der Waals surface area contributed by atoms with Gasteiger partial charge in [0.15, 0.2) is 0 Å². The Bertz CT molecular complexity index is 620. The molecule has 0 amide bonds. The van der Waals surface area contributed by atoms with Gasteiger partial charge in [0.05, 0.1) is 92.5 Å². The molecule has 1 rings (SSSR count). The zero-order chi connectivity index (χ0) is 28.6. The molecule has 0 aliphatic heterocycles. The monoisotopic (exact) mass is 590 g/mol. The molecular formula is C31H55ClO8. The van der Waals surface area contributed by atoms with Crippen LogP contribution in [0.15, 0.2) is 24.3 Å². The van der Waals surface area contributed by atoms with E-state index in [1.807, 2.05) is 0 Å². The number of rotatable bonds is 32. The number of ether oxygens (including phenoxy) is 8. The molecule has 8 nitrogen and oxygen atoms in total. The van der Waals surface area contributed by atoms with Crippen LogP contribution in [0.5, 0.6) is 5.75 Å². The molecule has 40 heavy (non-hydrogen) atoms. The van der Waals surface area contributed by atoms with Gasteiger partial charge in [-0.15, -0.1) is 11.6 Å². The van der Waals surface area contributed by atoms with Crippen molar-refractivity contribution in [3.8, 4) is 5.75 Å². The third-order valence-electron chi connectivity index (χ3n) is 5.94. The molecule has 0 radical (unpaired) electrons. The van der Waals surface area contributed by atoms with E-state index in [4.69, 9.17) is 49.5 Å². The Morgan fingerprint density at radius 1 is 0.450 bits per heavy atom. The van der Waals surface area contributed by atoms with Crippen LogP contribution in [0.4, 0.5) is 0 Å². The minimum Gasteiger partial charge on any atom is -0.491 e. The van der Waals surface area contributed by atoms with Crippen LogP contribution in [0.2, 0.25) is 0 Å². The van der Waals surface area contributed by atoms with Crippen molar-refractivity contribution < 1.29 is 37.9 Å². The van der Waals surface area contributed by atoms with Crippen LogP contribution in [-0.2, 0) is 39.6 Å². The smallest absolute Gasteiger partial charge is 0.119 e. The maximum atomic E-state index is 5.77. The minimum atomic E-state index is 0.504.